The van der Waals surface area contributed by atoms with Gasteiger partial charge in [0.15, 0.2) is 0 Å². The van der Waals surface area contributed by atoms with Crippen molar-refractivity contribution in [2.24, 2.45) is 0 Å². The monoisotopic (exact) mass is 254 g/mol. The second kappa shape index (κ2) is 5.55. The van der Waals surface area contributed by atoms with Gasteiger partial charge in [-0.15, -0.1) is 0 Å². The number of amides is 1. The summed E-state index contributed by atoms with van der Waals surface area (Å²) in [6.45, 7) is 3.86. The Labute approximate surface area is 108 Å². The Morgan fingerprint density at radius 2 is 2.00 bits per heavy atom. The van der Waals surface area contributed by atoms with E-state index >= 15 is 0 Å². The number of rotatable bonds is 2. The molecule has 5 heteroatoms. The van der Waals surface area contributed by atoms with Crippen LogP contribution in [0.2, 0.25) is 0 Å². The van der Waals surface area contributed by atoms with Gasteiger partial charge in [0, 0.05) is 19.7 Å². The molecule has 0 aliphatic carbocycles. The van der Waals surface area contributed by atoms with E-state index in [2.05, 4.69) is 5.32 Å². The molecule has 0 aromatic rings. The first-order valence-electron chi connectivity index (χ1n) is 7.10. The van der Waals surface area contributed by atoms with Gasteiger partial charge in [0.05, 0.1) is 18.8 Å². The molecule has 18 heavy (non-hydrogen) atoms. The molecule has 5 nitrogen and oxygen atoms in total. The number of hydrogen-bond donors (Lipinski definition) is 1. The lowest BCUT2D eigenvalue weighted by Gasteiger charge is -2.36. The molecule has 0 bridgehead atoms. The van der Waals surface area contributed by atoms with E-state index < -0.39 is 0 Å². The van der Waals surface area contributed by atoms with Crippen LogP contribution in [0.5, 0.6) is 0 Å². The maximum Gasteiger partial charge on any atom is 0.239 e. The molecule has 0 spiro atoms. The molecule has 3 rings (SSSR count). The molecule has 0 radical (unpaired) electrons. The highest BCUT2D eigenvalue weighted by molar-refractivity contribution is 5.82. The molecular weight excluding hydrogens is 232 g/mol. The van der Waals surface area contributed by atoms with Gasteiger partial charge in [-0.05, 0) is 32.2 Å². The molecule has 1 N–H and O–H groups in total. The number of nitrogens with one attached hydrogen (secondary N) is 1. The number of hydrogen-bond acceptors (Lipinski definition) is 4. The zero-order valence-electron chi connectivity index (χ0n) is 10.8. The summed E-state index contributed by atoms with van der Waals surface area (Å²) in [6.07, 6.45) is 4.53. The molecule has 0 unspecified atom stereocenters. The maximum atomic E-state index is 12.3. The first kappa shape index (κ1) is 12.4. The van der Waals surface area contributed by atoms with Gasteiger partial charge in [-0.2, -0.15) is 0 Å². The topological polar surface area (TPSA) is 50.8 Å². The number of carbonyl (C=O) groups is 1. The van der Waals surface area contributed by atoms with Gasteiger partial charge >= 0.3 is 0 Å². The second-order valence-corrected chi connectivity index (χ2v) is 5.39. The highest BCUT2D eigenvalue weighted by Gasteiger charge is 2.35. The Hall–Kier alpha value is -0.650. The van der Waals surface area contributed by atoms with Gasteiger partial charge in [0.25, 0.3) is 0 Å². The molecule has 3 atom stereocenters. The van der Waals surface area contributed by atoms with E-state index in [1.807, 2.05) is 4.90 Å². The van der Waals surface area contributed by atoms with Crippen LogP contribution in [0.25, 0.3) is 0 Å². The SMILES string of the molecule is O=C([C@@H]1CCCN1)N1CCO[C@H]([C@@H]2CCCO2)C1. The first-order valence-corrected chi connectivity index (χ1v) is 7.10. The van der Waals surface area contributed by atoms with Crippen LogP contribution in [0.1, 0.15) is 25.7 Å². The van der Waals surface area contributed by atoms with Crippen molar-refractivity contribution in [3.05, 3.63) is 0 Å². The molecule has 0 saturated carbocycles. The third-order valence-electron chi connectivity index (χ3n) is 4.14. The maximum absolute atomic E-state index is 12.3. The third kappa shape index (κ3) is 2.53. The summed E-state index contributed by atoms with van der Waals surface area (Å²) in [6, 6.07) is 0.0354. The van der Waals surface area contributed by atoms with E-state index in [-0.39, 0.29) is 24.2 Å². The van der Waals surface area contributed by atoms with Crippen molar-refractivity contribution >= 4 is 5.91 Å². The summed E-state index contributed by atoms with van der Waals surface area (Å²) in [4.78, 5) is 14.3. The Kier molecular flexibility index (Phi) is 3.82. The summed E-state index contributed by atoms with van der Waals surface area (Å²) in [5.74, 6) is 0.249. The molecule has 0 aromatic heterocycles. The van der Waals surface area contributed by atoms with Gasteiger partial charge in [0.2, 0.25) is 5.91 Å². The summed E-state index contributed by atoms with van der Waals surface area (Å²) in [5, 5.41) is 3.27. The van der Waals surface area contributed by atoms with Crippen LogP contribution < -0.4 is 5.32 Å². The van der Waals surface area contributed by atoms with Crippen LogP contribution in [0.4, 0.5) is 0 Å². The van der Waals surface area contributed by atoms with Gasteiger partial charge in [-0.3, -0.25) is 4.79 Å². The number of carbonyl (C=O) groups excluding carboxylic acids is 1. The number of ether oxygens (including phenoxy) is 2. The van der Waals surface area contributed by atoms with Crippen molar-refractivity contribution in [1.29, 1.82) is 0 Å². The van der Waals surface area contributed by atoms with Crippen LogP contribution >= 0.6 is 0 Å². The molecule has 3 heterocycles. The van der Waals surface area contributed by atoms with Crippen LogP contribution in [0.15, 0.2) is 0 Å². The van der Waals surface area contributed by atoms with Crippen molar-refractivity contribution in [3.63, 3.8) is 0 Å². The predicted octanol–water partition coefficient (Wildman–Crippen LogP) is 0.145. The van der Waals surface area contributed by atoms with Crippen molar-refractivity contribution in [3.8, 4) is 0 Å². The quantitative estimate of drug-likeness (QED) is 0.762. The molecule has 102 valence electrons. The minimum atomic E-state index is 0.0354. The van der Waals surface area contributed by atoms with Gasteiger partial charge in [-0.25, -0.2) is 0 Å². The molecule has 3 aliphatic heterocycles. The average Bonchev–Trinajstić information content (AvgIpc) is 3.11. The standard InChI is InChI=1S/C13H22N2O3/c16-13(10-3-1-5-14-10)15-6-8-18-12(9-15)11-4-2-7-17-11/h10-12,14H,1-9H2/t10-,11-,12-/m0/s1. The molecule has 3 saturated heterocycles. The van der Waals surface area contributed by atoms with E-state index in [0.29, 0.717) is 13.2 Å². The van der Waals surface area contributed by atoms with Crippen LogP contribution in [0.3, 0.4) is 0 Å². The smallest absolute Gasteiger partial charge is 0.239 e. The molecular formula is C13H22N2O3. The summed E-state index contributed by atoms with van der Waals surface area (Å²) in [7, 11) is 0. The zero-order valence-corrected chi connectivity index (χ0v) is 10.8. The molecule has 3 fully saturated rings. The third-order valence-corrected chi connectivity index (χ3v) is 4.14. The van der Waals surface area contributed by atoms with Crippen LogP contribution in [-0.4, -0.2) is 61.9 Å². The van der Waals surface area contributed by atoms with Crippen LogP contribution in [-0.2, 0) is 14.3 Å². The number of nitrogens with zero attached hydrogens (tertiary/aromatic N) is 1. The van der Waals surface area contributed by atoms with Crippen molar-refractivity contribution in [2.75, 3.05) is 32.8 Å². The molecule has 0 aromatic carbocycles. The normalized spacial score (nSPS) is 37.1. The van der Waals surface area contributed by atoms with E-state index in [9.17, 15) is 4.79 Å². The Morgan fingerprint density at radius 3 is 2.72 bits per heavy atom. The first-order chi connectivity index (χ1) is 8.84. The average molecular weight is 254 g/mol. The predicted molar refractivity (Wildman–Crippen MR) is 66.3 cm³/mol. The van der Waals surface area contributed by atoms with Crippen molar-refractivity contribution in [2.45, 2.75) is 43.9 Å². The molecule has 3 aliphatic rings. The van der Waals surface area contributed by atoms with Crippen LogP contribution in [0, 0.1) is 0 Å². The Bertz CT molecular complexity index is 299. The second-order valence-electron chi connectivity index (χ2n) is 5.39. The lowest BCUT2D eigenvalue weighted by atomic mass is 10.1. The fourth-order valence-electron chi connectivity index (χ4n) is 3.11. The fraction of sp³-hybridized carbons (Fsp3) is 0.923. The summed E-state index contributed by atoms with van der Waals surface area (Å²) in [5.41, 5.74) is 0. The summed E-state index contributed by atoms with van der Waals surface area (Å²) >= 11 is 0. The highest BCUT2D eigenvalue weighted by Crippen LogP contribution is 2.21. The number of morpholine rings is 1. The van der Waals surface area contributed by atoms with Crippen molar-refractivity contribution in [1.82, 2.24) is 10.2 Å². The van der Waals surface area contributed by atoms with Crippen molar-refractivity contribution < 1.29 is 14.3 Å². The minimum Gasteiger partial charge on any atom is -0.375 e. The van der Waals surface area contributed by atoms with Gasteiger partial charge in [0.1, 0.15) is 6.10 Å². The fourth-order valence-corrected chi connectivity index (χ4v) is 3.11. The van der Waals surface area contributed by atoms with E-state index in [0.717, 1.165) is 45.4 Å². The summed E-state index contributed by atoms with van der Waals surface area (Å²) < 4.78 is 11.4. The van der Waals surface area contributed by atoms with E-state index in [1.165, 1.54) is 0 Å². The lowest BCUT2D eigenvalue weighted by molar-refractivity contribution is -0.146. The van der Waals surface area contributed by atoms with Gasteiger partial charge in [-0.1, -0.05) is 0 Å². The Morgan fingerprint density at radius 1 is 1.11 bits per heavy atom. The molecule has 1 amide bonds. The largest absolute Gasteiger partial charge is 0.375 e. The Balaban J connectivity index is 1.57. The zero-order chi connectivity index (χ0) is 12.4. The van der Waals surface area contributed by atoms with E-state index in [4.69, 9.17) is 9.47 Å². The highest BCUT2D eigenvalue weighted by atomic mass is 16.5. The van der Waals surface area contributed by atoms with Gasteiger partial charge < -0.3 is 19.7 Å². The lowest BCUT2D eigenvalue weighted by Crippen LogP contribution is -2.53. The minimum absolute atomic E-state index is 0.0354. The van der Waals surface area contributed by atoms with E-state index in [1.54, 1.807) is 0 Å².